The molecule has 21 heavy (non-hydrogen) atoms. The van der Waals surface area contributed by atoms with E-state index < -0.39 is 0 Å². The third-order valence-electron chi connectivity index (χ3n) is 3.75. The molecule has 1 aliphatic heterocycles. The van der Waals surface area contributed by atoms with Crippen molar-refractivity contribution in [2.45, 2.75) is 25.9 Å². The molecule has 1 saturated heterocycles. The Morgan fingerprint density at radius 2 is 2.14 bits per heavy atom. The predicted octanol–water partition coefficient (Wildman–Crippen LogP) is 2.11. The van der Waals surface area contributed by atoms with Gasteiger partial charge in [0.25, 0.3) is 5.91 Å². The highest BCUT2D eigenvalue weighted by Gasteiger charge is 2.25. The van der Waals surface area contributed by atoms with Gasteiger partial charge >= 0.3 is 0 Å². The second-order valence-electron chi connectivity index (χ2n) is 5.19. The van der Waals surface area contributed by atoms with E-state index in [-0.39, 0.29) is 12.0 Å². The average molecular weight is 303 g/mol. The van der Waals surface area contributed by atoms with Crippen LogP contribution >= 0.6 is 11.3 Å². The maximum atomic E-state index is 12.7. The van der Waals surface area contributed by atoms with Crippen molar-refractivity contribution >= 4 is 17.2 Å². The Kier molecular flexibility index (Phi) is 3.98. The minimum Gasteiger partial charge on any atom is -0.393 e. The second-order valence-corrected chi connectivity index (χ2v) is 6.04. The summed E-state index contributed by atoms with van der Waals surface area (Å²) in [7, 11) is 0. The number of piperidine rings is 1. The van der Waals surface area contributed by atoms with E-state index in [1.54, 1.807) is 22.7 Å². The van der Waals surface area contributed by atoms with E-state index >= 15 is 0 Å². The Morgan fingerprint density at radius 3 is 2.81 bits per heavy atom. The number of carbonyl (C=O) groups is 1. The number of aromatic nitrogens is 2. The number of nitrogens with zero attached hydrogens (tertiary/aromatic N) is 3. The molecule has 1 aliphatic rings. The number of carbonyl (C=O) groups excluding carboxylic acids is 1. The second kappa shape index (κ2) is 5.91. The van der Waals surface area contributed by atoms with Crippen LogP contribution in [-0.2, 0) is 0 Å². The fraction of sp³-hybridized carbons (Fsp3) is 0.400. The van der Waals surface area contributed by atoms with Crippen LogP contribution in [0, 0.1) is 6.92 Å². The Balaban J connectivity index is 1.92. The zero-order chi connectivity index (χ0) is 14.8. The zero-order valence-electron chi connectivity index (χ0n) is 11.8. The van der Waals surface area contributed by atoms with Crippen LogP contribution in [-0.4, -0.2) is 45.1 Å². The number of amides is 1. The van der Waals surface area contributed by atoms with Gasteiger partial charge in [-0.1, -0.05) is 0 Å². The molecule has 5 nitrogen and oxygen atoms in total. The summed E-state index contributed by atoms with van der Waals surface area (Å²) in [5, 5.41) is 9.56. The molecule has 0 spiro atoms. The highest BCUT2D eigenvalue weighted by molar-refractivity contribution is 7.13. The van der Waals surface area contributed by atoms with Gasteiger partial charge in [-0.15, -0.1) is 11.3 Å². The summed E-state index contributed by atoms with van der Waals surface area (Å²) < 4.78 is 0. The van der Waals surface area contributed by atoms with E-state index in [0.29, 0.717) is 37.2 Å². The Morgan fingerprint density at radius 1 is 1.38 bits per heavy atom. The molecule has 3 rings (SSSR count). The number of thiazole rings is 1. The predicted molar refractivity (Wildman–Crippen MR) is 81.2 cm³/mol. The highest BCUT2D eigenvalue weighted by Crippen LogP contribution is 2.29. The van der Waals surface area contributed by atoms with Crippen molar-refractivity contribution in [1.29, 1.82) is 0 Å². The minimum absolute atomic E-state index is 0.0159. The fourth-order valence-corrected chi connectivity index (χ4v) is 3.34. The molecule has 1 N–H and O–H groups in total. The van der Waals surface area contributed by atoms with Crippen LogP contribution in [0.25, 0.3) is 10.6 Å². The van der Waals surface area contributed by atoms with Crippen molar-refractivity contribution in [1.82, 2.24) is 14.9 Å². The first kappa shape index (κ1) is 14.2. The molecule has 0 radical (unpaired) electrons. The Hall–Kier alpha value is -1.79. The topological polar surface area (TPSA) is 66.3 Å². The van der Waals surface area contributed by atoms with Crippen LogP contribution in [0.2, 0.25) is 0 Å². The van der Waals surface area contributed by atoms with Gasteiger partial charge in [-0.3, -0.25) is 9.78 Å². The number of rotatable bonds is 2. The summed E-state index contributed by atoms with van der Waals surface area (Å²) in [4.78, 5) is 24.1. The molecule has 0 unspecified atom stereocenters. The molecule has 6 heteroatoms. The number of aryl methyl sites for hydroxylation is 1. The molecule has 2 aromatic heterocycles. The number of hydrogen-bond acceptors (Lipinski definition) is 5. The summed E-state index contributed by atoms with van der Waals surface area (Å²) >= 11 is 1.50. The summed E-state index contributed by atoms with van der Waals surface area (Å²) in [6, 6.07) is 3.60. The van der Waals surface area contributed by atoms with Crippen LogP contribution < -0.4 is 0 Å². The van der Waals surface area contributed by atoms with E-state index in [1.165, 1.54) is 11.3 Å². The van der Waals surface area contributed by atoms with Crippen LogP contribution in [0.5, 0.6) is 0 Å². The van der Waals surface area contributed by atoms with Gasteiger partial charge in [0.2, 0.25) is 0 Å². The molecule has 0 bridgehead atoms. The van der Waals surface area contributed by atoms with E-state index in [1.807, 2.05) is 13.0 Å². The van der Waals surface area contributed by atoms with Gasteiger partial charge in [0.05, 0.1) is 33.4 Å². The normalized spacial score (nSPS) is 16.2. The lowest BCUT2D eigenvalue weighted by Gasteiger charge is -2.30. The van der Waals surface area contributed by atoms with Crippen molar-refractivity contribution in [3.05, 3.63) is 35.1 Å². The van der Waals surface area contributed by atoms with E-state index in [9.17, 15) is 9.90 Å². The summed E-state index contributed by atoms with van der Waals surface area (Å²) in [6.45, 7) is 3.11. The van der Waals surface area contributed by atoms with Crippen molar-refractivity contribution in [2.75, 3.05) is 13.1 Å². The average Bonchev–Trinajstić information content (AvgIpc) is 2.93. The van der Waals surface area contributed by atoms with Crippen molar-refractivity contribution in [2.24, 2.45) is 0 Å². The Labute approximate surface area is 127 Å². The molecular weight excluding hydrogens is 286 g/mol. The maximum Gasteiger partial charge on any atom is 0.256 e. The van der Waals surface area contributed by atoms with Gasteiger partial charge in [0, 0.05) is 19.3 Å². The third-order valence-corrected chi connectivity index (χ3v) is 4.69. The number of aliphatic hydroxyl groups excluding tert-OH is 1. The largest absolute Gasteiger partial charge is 0.393 e. The van der Waals surface area contributed by atoms with Crippen LogP contribution in [0.3, 0.4) is 0 Å². The van der Waals surface area contributed by atoms with Crippen LogP contribution in [0.4, 0.5) is 0 Å². The summed E-state index contributed by atoms with van der Waals surface area (Å²) in [5.74, 6) is -0.0159. The number of aliphatic hydroxyl groups is 1. The minimum atomic E-state index is -0.286. The van der Waals surface area contributed by atoms with Gasteiger partial charge in [0.15, 0.2) is 0 Å². The molecule has 0 aliphatic carbocycles. The lowest BCUT2D eigenvalue weighted by Crippen LogP contribution is -2.40. The molecule has 2 aromatic rings. The number of likely N-dealkylation sites (tertiary alicyclic amines) is 1. The fourth-order valence-electron chi connectivity index (χ4n) is 2.53. The quantitative estimate of drug-likeness (QED) is 0.923. The SMILES string of the molecule is Cc1ncsc1-c1ncccc1C(=O)N1CCC(O)CC1. The number of pyridine rings is 1. The molecule has 1 amide bonds. The number of hydrogen-bond donors (Lipinski definition) is 1. The monoisotopic (exact) mass is 303 g/mol. The summed E-state index contributed by atoms with van der Waals surface area (Å²) in [5.41, 5.74) is 3.97. The van der Waals surface area contributed by atoms with Crippen LogP contribution in [0.15, 0.2) is 23.8 Å². The standard InChI is InChI=1S/C15H17N3O2S/c1-10-14(21-9-17-10)13-12(3-2-6-16-13)15(20)18-7-4-11(19)5-8-18/h2-3,6,9,11,19H,4-5,7-8H2,1H3. The van der Waals surface area contributed by atoms with Gasteiger partial charge < -0.3 is 10.0 Å². The van der Waals surface area contributed by atoms with Crippen LogP contribution in [0.1, 0.15) is 28.9 Å². The molecule has 1 fully saturated rings. The van der Waals surface area contributed by atoms with E-state index in [0.717, 1.165) is 10.6 Å². The van der Waals surface area contributed by atoms with Crippen molar-refractivity contribution < 1.29 is 9.90 Å². The highest BCUT2D eigenvalue weighted by atomic mass is 32.1. The first-order valence-corrected chi connectivity index (χ1v) is 7.87. The summed E-state index contributed by atoms with van der Waals surface area (Å²) in [6.07, 6.45) is 2.69. The zero-order valence-corrected chi connectivity index (χ0v) is 12.6. The Bertz CT molecular complexity index is 648. The first-order chi connectivity index (χ1) is 10.2. The lowest BCUT2D eigenvalue weighted by molar-refractivity contribution is 0.0547. The van der Waals surface area contributed by atoms with E-state index in [2.05, 4.69) is 9.97 Å². The smallest absolute Gasteiger partial charge is 0.256 e. The van der Waals surface area contributed by atoms with Gasteiger partial charge in [-0.2, -0.15) is 0 Å². The lowest BCUT2D eigenvalue weighted by atomic mass is 10.1. The third kappa shape index (κ3) is 2.82. The maximum absolute atomic E-state index is 12.7. The molecule has 0 saturated carbocycles. The molecule has 0 atom stereocenters. The first-order valence-electron chi connectivity index (χ1n) is 6.99. The van der Waals surface area contributed by atoms with Gasteiger partial charge in [-0.05, 0) is 31.9 Å². The molecule has 3 heterocycles. The van der Waals surface area contributed by atoms with Gasteiger partial charge in [-0.25, -0.2) is 4.98 Å². The molecule has 0 aromatic carbocycles. The molecule has 110 valence electrons. The van der Waals surface area contributed by atoms with Crippen molar-refractivity contribution in [3.63, 3.8) is 0 Å². The molecular formula is C15H17N3O2S. The van der Waals surface area contributed by atoms with Crippen molar-refractivity contribution in [3.8, 4) is 10.6 Å². The van der Waals surface area contributed by atoms with E-state index in [4.69, 9.17) is 0 Å². The van der Waals surface area contributed by atoms with Gasteiger partial charge in [0.1, 0.15) is 0 Å².